The molecule has 0 fully saturated rings. The van der Waals surface area contributed by atoms with Crippen LogP contribution in [0.4, 0.5) is 17.1 Å². The van der Waals surface area contributed by atoms with Gasteiger partial charge >= 0.3 is 5.69 Å². The van der Waals surface area contributed by atoms with Crippen molar-refractivity contribution >= 4 is 23.3 Å². The third-order valence-corrected chi connectivity index (χ3v) is 6.71. The first-order chi connectivity index (χ1) is 16.9. The first-order valence-corrected chi connectivity index (χ1v) is 11.8. The van der Waals surface area contributed by atoms with E-state index in [1.165, 1.54) is 28.4 Å². The largest absolute Gasteiger partial charge is 0.500 e. The molecule has 0 saturated carbocycles. The maximum atomic E-state index is 11.3. The number of aliphatic imine (C=N–C) groups is 1. The second-order valence-electron chi connectivity index (χ2n) is 8.99. The molecule has 0 bridgehead atoms. The Balaban J connectivity index is 1.38. The van der Waals surface area contributed by atoms with Gasteiger partial charge in [0, 0.05) is 29.4 Å². The van der Waals surface area contributed by atoms with Crippen molar-refractivity contribution in [1.82, 2.24) is 0 Å². The standard InChI is InChI=1S/C28H27N3O4/c1-3-35-26-15-18(14-25(28(26)32)31(33)34)16-29-20-10-8-19(9-11-20)27-22-6-4-5-21(22)23-13-17(2)7-12-24(23)30-27/h4-5,7-16,21-22,27,30,32H,3,6H2,1-2H3/t21-,22+,27-/m0/s1. The number of rotatable bonds is 6. The number of anilines is 1. The summed E-state index contributed by atoms with van der Waals surface area (Å²) in [7, 11) is 0. The number of fused-ring (bicyclic) bond motifs is 3. The quantitative estimate of drug-likeness (QED) is 0.184. The van der Waals surface area contributed by atoms with Crippen LogP contribution in [0.5, 0.6) is 11.5 Å². The molecule has 7 nitrogen and oxygen atoms in total. The minimum atomic E-state index is -0.633. The Morgan fingerprint density at radius 1 is 1.20 bits per heavy atom. The van der Waals surface area contributed by atoms with Crippen molar-refractivity contribution in [1.29, 1.82) is 0 Å². The average molecular weight is 470 g/mol. The highest BCUT2D eigenvalue weighted by atomic mass is 16.6. The topological polar surface area (TPSA) is 97.0 Å². The molecule has 2 N–H and O–H groups in total. The highest BCUT2D eigenvalue weighted by Gasteiger charge is 2.37. The Kier molecular flexibility index (Phi) is 5.99. The maximum Gasteiger partial charge on any atom is 0.315 e. The fourth-order valence-electron chi connectivity index (χ4n) is 5.05. The molecule has 0 amide bonds. The van der Waals surface area contributed by atoms with E-state index in [0.29, 0.717) is 17.4 Å². The summed E-state index contributed by atoms with van der Waals surface area (Å²) in [5.74, 6) is 0.471. The molecule has 0 spiro atoms. The molecule has 3 atom stereocenters. The molecule has 2 aliphatic rings. The fourth-order valence-corrected chi connectivity index (χ4v) is 5.05. The van der Waals surface area contributed by atoms with Crippen LogP contribution in [-0.4, -0.2) is 22.9 Å². The van der Waals surface area contributed by atoms with E-state index in [2.05, 4.69) is 59.7 Å². The lowest BCUT2D eigenvalue weighted by atomic mass is 9.76. The number of benzene rings is 3. The average Bonchev–Trinajstić information content (AvgIpc) is 3.35. The van der Waals surface area contributed by atoms with Crippen LogP contribution in [0.25, 0.3) is 0 Å². The highest BCUT2D eigenvalue weighted by molar-refractivity contribution is 5.85. The molecule has 5 rings (SSSR count). The molecule has 0 radical (unpaired) electrons. The molecule has 0 unspecified atom stereocenters. The van der Waals surface area contributed by atoms with Crippen LogP contribution in [0.2, 0.25) is 0 Å². The number of aromatic hydroxyl groups is 1. The Labute approximate surface area is 203 Å². The lowest BCUT2D eigenvalue weighted by molar-refractivity contribution is -0.386. The SMILES string of the molecule is CCOc1cc(C=Nc2ccc([C@@H]3Nc4ccc(C)cc4[C@H]4C=CC[C@H]43)cc2)cc([N+](=O)[O-])c1O. The number of nitro benzene ring substituents is 1. The Hall–Kier alpha value is -4.13. The molecule has 3 aromatic carbocycles. The van der Waals surface area contributed by atoms with E-state index in [-0.39, 0.29) is 18.4 Å². The summed E-state index contributed by atoms with van der Waals surface area (Å²) < 4.78 is 5.34. The third kappa shape index (κ3) is 4.37. The zero-order valence-corrected chi connectivity index (χ0v) is 19.6. The number of nitrogens with one attached hydrogen (secondary N) is 1. The molecule has 1 heterocycles. The van der Waals surface area contributed by atoms with E-state index in [1.54, 1.807) is 19.2 Å². The minimum absolute atomic E-state index is 0.0667. The zero-order chi connectivity index (χ0) is 24.5. The summed E-state index contributed by atoms with van der Waals surface area (Å²) in [6.45, 7) is 4.16. The van der Waals surface area contributed by atoms with E-state index < -0.39 is 16.4 Å². The molecular formula is C28H27N3O4. The number of ether oxygens (including phenoxy) is 1. The first kappa shape index (κ1) is 22.7. The van der Waals surface area contributed by atoms with Gasteiger partial charge in [0.15, 0.2) is 5.75 Å². The van der Waals surface area contributed by atoms with Gasteiger partial charge in [-0.05, 0) is 61.6 Å². The molecule has 3 aromatic rings. The van der Waals surface area contributed by atoms with Crippen LogP contribution in [-0.2, 0) is 0 Å². The molecule has 1 aliphatic carbocycles. The summed E-state index contributed by atoms with van der Waals surface area (Å²) in [5.41, 5.74) is 5.83. The van der Waals surface area contributed by atoms with Gasteiger partial charge in [0.1, 0.15) is 0 Å². The van der Waals surface area contributed by atoms with Crippen LogP contribution in [0.1, 0.15) is 47.6 Å². The lowest BCUT2D eigenvalue weighted by Gasteiger charge is -2.37. The number of aryl methyl sites for hydroxylation is 1. The Bertz CT molecular complexity index is 1330. The Morgan fingerprint density at radius 2 is 2.00 bits per heavy atom. The van der Waals surface area contributed by atoms with Crippen LogP contribution >= 0.6 is 0 Å². The maximum absolute atomic E-state index is 11.3. The van der Waals surface area contributed by atoms with Gasteiger partial charge in [-0.3, -0.25) is 15.1 Å². The monoisotopic (exact) mass is 469 g/mol. The second kappa shape index (κ2) is 9.25. The second-order valence-corrected chi connectivity index (χ2v) is 8.99. The van der Waals surface area contributed by atoms with Crippen LogP contribution in [0.3, 0.4) is 0 Å². The predicted molar refractivity (Wildman–Crippen MR) is 137 cm³/mol. The van der Waals surface area contributed by atoms with Crippen LogP contribution in [0.15, 0.2) is 71.7 Å². The molecule has 35 heavy (non-hydrogen) atoms. The summed E-state index contributed by atoms with van der Waals surface area (Å²) >= 11 is 0. The molecule has 0 saturated heterocycles. The lowest BCUT2D eigenvalue weighted by Crippen LogP contribution is -2.29. The first-order valence-electron chi connectivity index (χ1n) is 11.8. The highest BCUT2D eigenvalue weighted by Crippen LogP contribution is 2.50. The van der Waals surface area contributed by atoms with Crippen molar-refractivity contribution in [2.45, 2.75) is 32.2 Å². The number of phenolic OH excluding ortho intramolecular Hbond substituents is 1. The van der Waals surface area contributed by atoms with Gasteiger partial charge < -0.3 is 15.2 Å². The number of nitro groups is 1. The summed E-state index contributed by atoms with van der Waals surface area (Å²) in [6, 6.07) is 17.7. The van der Waals surface area contributed by atoms with Crippen molar-refractivity contribution < 1.29 is 14.8 Å². The predicted octanol–water partition coefficient (Wildman–Crippen LogP) is 6.58. The number of phenols is 1. The van der Waals surface area contributed by atoms with Gasteiger partial charge in [0.05, 0.1) is 23.3 Å². The smallest absolute Gasteiger partial charge is 0.315 e. The van der Waals surface area contributed by atoms with Crippen molar-refractivity contribution in [2.75, 3.05) is 11.9 Å². The molecule has 7 heteroatoms. The summed E-state index contributed by atoms with van der Waals surface area (Å²) in [6.07, 6.45) is 7.20. The van der Waals surface area contributed by atoms with Crippen LogP contribution < -0.4 is 10.1 Å². The van der Waals surface area contributed by atoms with E-state index >= 15 is 0 Å². The minimum Gasteiger partial charge on any atom is -0.500 e. The Morgan fingerprint density at radius 3 is 2.74 bits per heavy atom. The molecule has 178 valence electrons. The molecular weight excluding hydrogens is 442 g/mol. The van der Waals surface area contributed by atoms with E-state index in [4.69, 9.17) is 4.74 Å². The normalized spacial score (nSPS) is 20.3. The summed E-state index contributed by atoms with van der Waals surface area (Å²) in [5, 5.41) is 25.1. The number of nitrogens with zero attached hydrogens (tertiary/aromatic N) is 2. The van der Waals surface area contributed by atoms with E-state index in [1.807, 2.05) is 12.1 Å². The van der Waals surface area contributed by atoms with Gasteiger partial charge in [-0.25, -0.2) is 0 Å². The summed E-state index contributed by atoms with van der Waals surface area (Å²) in [4.78, 5) is 15.2. The van der Waals surface area contributed by atoms with Gasteiger partial charge in [0.2, 0.25) is 5.75 Å². The molecule has 1 aliphatic heterocycles. The molecule has 0 aromatic heterocycles. The number of hydrogen-bond donors (Lipinski definition) is 2. The number of hydrogen-bond acceptors (Lipinski definition) is 6. The zero-order valence-electron chi connectivity index (χ0n) is 19.6. The van der Waals surface area contributed by atoms with Gasteiger partial charge in [-0.15, -0.1) is 0 Å². The van der Waals surface area contributed by atoms with Crippen molar-refractivity contribution in [3.8, 4) is 11.5 Å². The van der Waals surface area contributed by atoms with Gasteiger partial charge in [0.25, 0.3) is 0 Å². The van der Waals surface area contributed by atoms with Crippen molar-refractivity contribution in [3.63, 3.8) is 0 Å². The fraction of sp³-hybridized carbons (Fsp3) is 0.250. The third-order valence-electron chi connectivity index (χ3n) is 6.71. The van der Waals surface area contributed by atoms with Gasteiger partial charge in [-0.1, -0.05) is 42.0 Å². The van der Waals surface area contributed by atoms with Gasteiger partial charge in [-0.2, -0.15) is 0 Å². The van der Waals surface area contributed by atoms with Crippen molar-refractivity contribution in [3.05, 3.63) is 99.1 Å². The van der Waals surface area contributed by atoms with E-state index in [0.717, 1.165) is 12.1 Å². The number of allylic oxidation sites excluding steroid dienone is 2. The van der Waals surface area contributed by atoms with Crippen LogP contribution in [0, 0.1) is 23.0 Å². The van der Waals surface area contributed by atoms with Crippen molar-refractivity contribution in [2.24, 2.45) is 10.9 Å². The van der Waals surface area contributed by atoms with E-state index in [9.17, 15) is 15.2 Å².